The van der Waals surface area contributed by atoms with Crippen LogP contribution in [0.15, 0.2) is 24.3 Å². The van der Waals surface area contributed by atoms with Crippen molar-refractivity contribution < 1.29 is 19.0 Å². The summed E-state index contributed by atoms with van der Waals surface area (Å²) in [7, 11) is 0. The SMILES string of the molecule is CCC(=O)O[C@@H]1CCCC[C@H]1c1ccc(OC2CCCCO2)cc1. The zero-order valence-electron chi connectivity index (χ0n) is 14.5. The lowest BCUT2D eigenvalue weighted by Gasteiger charge is -2.31. The van der Waals surface area contributed by atoms with Crippen molar-refractivity contribution in [3.63, 3.8) is 0 Å². The van der Waals surface area contributed by atoms with Crippen molar-refractivity contribution >= 4 is 5.97 Å². The summed E-state index contributed by atoms with van der Waals surface area (Å²) in [5, 5.41) is 0. The molecule has 4 heteroatoms. The van der Waals surface area contributed by atoms with Gasteiger partial charge in [-0.2, -0.15) is 0 Å². The van der Waals surface area contributed by atoms with Gasteiger partial charge in [-0.1, -0.05) is 25.5 Å². The molecule has 2 aliphatic rings. The summed E-state index contributed by atoms with van der Waals surface area (Å²) in [6.45, 7) is 2.63. The number of carbonyl (C=O) groups is 1. The predicted octanol–water partition coefficient (Wildman–Crippen LogP) is 4.57. The highest BCUT2D eigenvalue weighted by Crippen LogP contribution is 2.36. The lowest BCUT2D eigenvalue weighted by atomic mass is 9.81. The minimum Gasteiger partial charge on any atom is -0.465 e. The largest absolute Gasteiger partial charge is 0.465 e. The maximum Gasteiger partial charge on any atom is 0.305 e. The van der Waals surface area contributed by atoms with E-state index in [4.69, 9.17) is 14.2 Å². The van der Waals surface area contributed by atoms with E-state index in [1.165, 1.54) is 12.0 Å². The molecule has 4 nitrogen and oxygen atoms in total. The lowest BCUT2D eigenvalue weighted by molar-refractivity contribution is -0.151. The second-order valence-electron chi connectivity index (χ2n) is 6.76. The molecule has 1 unspecified atom stereocenters. The fraction of sp³-hybridized carbons (Fsp3) is 0.650. The molecule has 1 aliphatic carbocycles. The van der Waals surface area contributed by atoms with Crippen LogP contribution in [0.5, 0.6) is 5.75 Å². The molecular weight excluding hydrogens is 304 g/mol. The first-order chi connectivity index (χ1) is 11.8. The first kappa shape index (κ1) is 17.3. The van der Waals surface area contributed by atoms with Crippen LogP contribution in [0.2, 0.25) is 0 Å². The molecule has 24 heavy (non-hydrogen) atoms. The van der Waals surface area contributed by atoms with Crippen LogP contribution >= 0.6 is 0 Å². The van der Waals surface area contributed by atoms with E-state index >= 15 is 0 Å². The molecule has 1 saturated carbocycles. The zero-order chi connectivity index (χ0) is 16.8. The Bertz CT molecular complexity index is 519. The molecule has 0 amide bonds. The number of carbonyl (C=O) groups excluding carboxylic acids is 1. The second kappa shape index (κ2) is 8.52. The highest BCUT2D eigenvalue weighted by atomic mass is 16.7. The van der Waals surface area contributed by atoms with Gasteiger partial charge < -0.3 is 14.2 Å². The van der Waals surface area contributed by atoms with E-state index in [1.54, 1.807) is 0 Å². The molecule has 1 aromatic carbocycles. The van der Waals surface area contributed by atoms with Gasteiger partial charge in [0.25, 0.3) is 0 Å². The summed E-state index contributed by atoms with van der Waals surface area (Å²) in [6.07, 6.45) is 7.96. The fourth-order valence-electron chi connectivity index (χ4n) is 3.62. The molecule has 3 atom stereocenters. The van der Waals surface area contributed by atoms with E-state index in [2.05, 4.69) is 12.1 Å². The molecule has 1 saturated heterocycles. The summed E-state index contributed by atoms with van der Waals surface area (Å²) in [6, 6.07) is 8.25. The number of rotatable bonds is 5. The summed E-state index contributed by atoms with van der Waals surface area (Å²) < 4.78 is 17.2. The minimum atomic E-state index is -0.113. The molecule has 0 aromatic heterocycles. The van der Waals surface area contributed by atoms with E-state index < -0.39 is 0 Å². The van der Waals surface area contributed by atoms with Gasteiger partial charge in [-0.25, -0.2) is 0 Å². The van der Waals surface area contributed by atoms with E-state index in [1.807, 2.05) is 19.1 Å². The van der Waals surface area contributed by atoms with Crippen LogP contribution in [0.25, 0.3) is 0 Å². The highest BCUT2D eigenvalue weighted by Gasteiger charge is 2.29. The summed E-state index contributed by atoms with van der Waals surface area (Å²) in [5.41, 5.74) is 1.24. The monoisotopic (exact) mass is 332 g/mol. The van der Waals surface area contributed by atoms with Crippen LogP contribution in [-0.2, 0) is 14.3 Å². The van der Waals surface area contributed by atoms with Crippen LogP contribution in [-0.4, -0.2) is 25.0 Å². The van der Waals surface area contributed by atoms with Crippen LogP contribution in [0, 0.1) is 0 Å². The Morgan fingerprint density at radius 1 is 1.08 bits per heavy atom. The number of hydrogen-bond acceptors (Lipinski definition) is 4. The van der Waals surface area contributed by atoms with E-state index in [0.717, 1.165) is 50.9 Å². The number of hydrogen-bond donors (Lipinski definition) is 0. The zero-order valence-corrected chi connectivity index (χ0v) is 14.5. The average molecular weight is 332 g/mol. The number of ether oxygens (including phenoxy) is 3. The third kappa shape index (κ3) is 4.50. The molecule has 1 aliphatic heterocycles. The Kier molecular flexibility index (Phi) is 6.13. The van der Waals surface area contributed by atoms with Crippen molar-refractivity contribution in [2.24, 2.45) is 0 Å². The summed E-state index contributed by atoms with van der Waals surface area (Å²) in [5.74, 6) is 1.05. The van der Waals surface area contributed by atoms with Gasteiger partial charge in [0.2, 0.25) is 0 Å². The topological polar surface area (TPSA) is 44.8 Å². The lowest BCUT2D eigenvalue weighted by Crippen LogP contribution is -2.28. The van der Waals surface area contributed by atoms with Gasteiger partial charge in [0.05, 0.1) is 6.61 Å². The first-order valence-electron chi connectivity index (χ1n) is 9.34. The van der Waals surface area contributed by atoms with Gasteiger partial charge in [0.15, 0.2) is 6.29 Å². The minimum absolute atomic E-state index is 0.0136. The maximum atomic E-state index is 11.7. The molecular formula is C20H28O4. The number of esters is 1. The van der Waals surface area contributed by atoms with Crippen molar-refractivity contribution in [1.82, 2.24) is 0 Å². The molecule has 0 radical (unpaired) electrons. The second-order valence-corrected chi connectivity index (χ2v) is 6.76. The van der Waals surface area contributed by atoms with Gasteiger partial charge >= 0.3 is 5.97 Å². The number of benzene rings is 1. The van der Waals surface area contributed by atoms with Gasteiger partial charge in [-0.05, 0) is 49.8 Å². The maximum absolute atomic E-state index is 11.7. The Hall–Kier alpha value is -1.55. The summed E-state index contributed by atoms with van der Waals surface area (Å²) in [4.78, 5) is 11.7. The Morgan fingerprint density at radius 2 is 1.83 bits per heavy atom. The normalized spacial score (nSPS) is 27.5. The van der Waals surface area contributed by atoms with Crippen molar-refractivity contribution in [2.75, 3.05) is 6.61 Å². The molecule has 0 spiro atoms. The fourth-order valence-corrected chi connectivity index (χ4v) is 3.62. The van der Waals surface area contributed by atoms with Crippen molar-refractivity contribution in [2.45, 2.75) is 76.6 Å². The Labute approximate surface area is 144 Å². The first-order valence-corrected chi connectivity index (χ1v) is 9.34. The quantitative estimate of drug-likeness (QED) is 0.741. The van der Waals surface area contributed by atoms with E-state index in [9.17, 15) is 4.79 Å². The van der Waals surface area contributed by atoms with Crippen LogP contribution in [0.4, 0.5) is 0 Å². The van der Waals surface area contributed by atoms with E-state index in [-0.39, 0.29) is 18.4 Å². The average Bonchev–Trinajstić information content (AvgIpc) is 2.64. The molecule has 0 N–H and O–H groups in total. The van der Waals surface area contributed by atoms with Crippen molar-refractivity contribution in [3.05, 3.63) is 29.8 Å². The highest BCUT2D eigenvalue weighted by molar-refractivity contribution is 5.69. The van der Waals surface area contributed by atoms with E-state index in [0.29, 0.717) is 12.3 Å². The van der Waals surface area contributed by atoms with Crippen LogP contribution in [0.1, 0.15) is 69.8 Å². The van der Waals surface area contributed by atoms with Crippen molar-refractivity contribution in [3.8, 4) is 5.75 Å². The molecule has 1 heterocycles. The Morgan fingerprint density at radius 3 is 2.54 bits per heavy atom. The van der Waals surface area contributed by atoms with Gasteiger partial charge in [-0.15, -0.1) is 0 Å². The molecule has 132 valence electrons. The van der Waals surface area contributed by atoms with Crippen LogP contribution < -0.4 is 4.74 Å². The molecule has 3 rings (SSSR count). The summed E-state index contributed by atoms with van der Waals surface area (Å²) >= 11 is 0. The molecule has 2 fully saturated rings. The van der Waals surface area contributed by atoms with Gasteiger partial charge in [-0.3, -0.25) is 4.79 Å². The third-order valence-electron chi connectivity index (χ3n) is 4.99. The standard InChI is InChI=1S/C20H28O4/c1-2-19(21)24-18-8-4-3-7-17(18)15-10-12-16(13-11-15)23-20-9-5-6-14-22-20/h10-13,17-18,20H,2-9,14H2,1H3/t17-,18+,20?/m0/s1. The molecule has 0 bridgehead atoms. The van der Waals surface area contributed by atoms with Crippen molar-refractivity contribution in [1.29, 1.82) is 0 Å². The molecule has 1 aromatic rings. The smallest absolute Gasteiger partial charge is 0.305 e. The Balaban J connectivity index is 1.63. The van der Waals surface area contributed by atoms with Gasteiger partial charge in [0, 0.05) is 18.8 Å². The van der Waals surface area contributed by atoms with Gasteiger partial charge in [0.1, 0.15) is 11.9 Å². The third-order valence-corrected chi connectivity index (χ3v) is 4.99. The predicted molar refractivity (Wildman–Crippen MR) is 92.0 cm³/mol. The van der Waals surface area contributed by atoms with Crippen LogP contribution in [0.3, 0.4) is 0 Å².